The van der Waals surface area contributed by atoms with Crippen molar-refractivity contribution in [3.63, 3.8) is 0 Å². The molecule has 0 aliphatic heterocycles. The molecule has 0 saturated carbocycles. The Balaban J connectivity index is 1.81. The van der Waals surface area contributed by atoms with E-state index in [1.165, 1.54) is 12.1 Å². The van der Waals surface area contributed by atoms with E-state index in [9.17, 15) is 14.9 Å². The van der Waals surface area contributed by atoms with Crippen molar-refractivity contribution in [3.8, 4) is 0 Å². The molecule has 1 heterocycles. The number of non-ortho nitro benzene ring substituents is 1. The SMILES string of the molecule is Cc1ccc(C)c(NC(=O)CN(C)c2ccc([N+](=O)[O-])c3nonc23)c1. The molecule has 0 unspecified atom stereocenters. The van der Waals surface area contributed by atoms with Gasteiger partial charge in [-0.15, -0.1) is 0 Å². The summed E-state index contributed by atoms with van der Waals surface area (Å²) in [4.78, 5) is 24.5. The quantitative estimate of drug-likeness (QED) is 0.553. The molecule has 0 radical (unpaired) electrons. The highest BCUT2D eigenvalue weighted by Gasteiger charge is 2.22. The molecule has 26 heavy (non-hydrogen) atoms. The fraction of sp³-hybridized carbons (Fsp3) is 0.235. The van der Waals surface area contributed by atoms with E-state index in [0.29, 0.717) is 5.69 Å². The van der Waals surface area contributed by atoms with Gasteiger partial charge in [0.15, 0.2) is 5.52 Å². The molecule has 0 atom stereocenters. The second kappa shape index (κ2) is 6.79. The first kappa shape index (κ1) is 17.3. The topological polar surface area (TPSA) is 114 Å². The summed E-state index contributed by atoms with van der Waals surface area (Å²) in [6.07, 6.45) is 0. The van der Waals surface area contributed by atoms with Crippen molar-refractivity contribution in [2.24, 2.45) is 0 Å². The summed E-state index contributed by atoms with van der Waals surface area (Å²) < 4.78 is 4.64. The van der Waals surface area contributed by atoms with Crippen molar-refractivity contribution in [3.05, 3.63) is 51.6 Å². The van der Waals surface area contributed by atoms with E-state index < -0.39 is 4.92 Å². The predicted molar refractivity (Wildman–Crippen MR) is 96.3 cm³/mol. The van der Waals surface area contributed by atoms with Crippen LogP contribution >= 0.6 is 0 Å². The van der Waals surface area contributed by atoms with Crippen LogP contribution in [0.25, 0.3) is 11.0 Å². The molecule has 0 saturated heterocycles. The van der Waals surface area contributed by atoms with Crippen molar-refractivity contribution in [2.75, 3.05) is 23.8 Å². The largest absolute Gasteiger partial charge is 0.363 e. The van der Waals surface area contributed by atoms with Crippen molar-refractivity contribution in [1.29, 1.82) is 0 Å². The zero-order chi connectivity index (χ0) is 18.8. The van der Waals surface area contributed by atoms with Gasteiger partial charge in [0.2, 0.25) is 11.4 Å². The van der Waals surface area contributed by atoms with E-state index in [-0.39, 0.29) is 29.2 Å². The molecule has 0 bridgehead atoms. The fourth-order valence-electron chi connectivity index (χ4n) is 2.66. The van der Waals surface area contributed by atoms with Gasteiger partial charge in [-0.2, -0.15) is 0 Å². The van der Waals surface area contributed by atoms with Gasteiger partial charge in [-0.1, -0.05) is 12.1 Å². The summed E-state index contributed by atoms with van der Waals surface area (Å²) in [5.41, 5.74) is 3.37. The van der Waals surface area contributed by atoms with Gasteiger partial charge in [-0.3, -0.25) is 14.9 Å². The minimum atomic E-state index is -0.552. The van der Waals surface area contributed by atoms with Crippen LogP contribution in [-0.4, -0.2) is 34.7 Å². The van der Waals surface area contributed by atoms with Crippen molar-refractivity contribution < 1.29 is 14.3 Å². The summed E-state index contributed by atoms with van der Waals surface area (Å²) in [6, 6.07) is 8.66. The maximum absolute atomic E-state index is 12.4. The Labute approximate surface area is 148 Å². The molecule has 1 aromatic heterocycles. The van der Waals surface area contributed by atoms with Gasteiger partial charge >= 0.3 is 5.69 Å². The Kier molecular flexibility index (Phi) is 4.53. The van der Waals surface area contributed by atoms with Crippen LogP contribution < -0.4 is 10.2 Å². The lowest BCUT2D eigenvalue weighted by Gasteiger charge is -2.19. The number of amides is 1. The van der Waals surface area contributed by atoms with Crippen molar-refractivity contribution >= 4 is 34.0 Å². The second-order valence-corrected chi connectivity index (χ2v) is 6.04. The normalized spacial score (nSPS) is 10.7. The molecular weight excluding hydrogens is 338 g/mol. The third-order valence-electron chi connectivity index (χ3n) is 4.03. The number of fused-ring (bicyclic) bond motifs is 1. The maximum atomic E-state index is 12.4. The Morgan fingerprint density at radius 2 is 1.96 bits per heavy atom. The van der Waals surface area contributed by atoms with E-state index in [1.807, 2.05) is 32.0 Å². The van der Waals surface area contributed by atoms with Gasteiger partial charge in [0.25, 0.3) is 0 Å². The monoisotopic (exact) mass is 355 g/mol. The molecular formula is C17H17N5O4. The standard InChI is InChI=1S/C17H17N5O4/c1-10-4-5-11(2)12(8-10)18-15(23)9-21(3)13-6-7-14(22(24)25)17-16(13)19-26-20-17/h4-8H,9H2,1-3H3,(H,18,23). The van der Waals surface area contributed by atoms with Crippen molar-refractivity contribution in [2.45, 2.75) is 13.8 Å². The second-order valence-electron chi connectivity index (χ2n) is 6.04. The number of anilines is 2. The molecule has 0 aliphatic rings. The number of carbonyl (C=O) groups is 1. The molecule has 0 spiro atoms. The molecule has 0 fully saturated rings. The lowest BCUT2D eigenvalue weighted by Crippen LogP contribution is -2.30. The number of nitro benzene ring substituents is 1. The zero-order valence-corrected chi connectivity index (χ0v) is 14.5. The van der Waals surface area contributed by atoms with Gasteiger partial charge in [0.1, 0.15) is 0 Å². The molecule has 0 aliphatic carbocycles. The number of benzene rings is 2. The number of carbonyl (C=O) groups excluding carboxylic acids is 1. The Morgan fingerprint density at radius 3 is 2.69 bits per heavy atom. The summed E-state index contributed by atoms with van der Waals surface area (Å²) >= 11 is 0. The smallest absolute Gasteiger partial charge is 0.300 e. The van der Waals surface area contributed by atoms with Crippen LogP contribution in [0.15, 0.2) is 35.0 Å². The highest BCUT2D eigenvalue weighted by atomic mass is 16.6. The first-order valence-electron chi connectivity index (χ1n) is 7.84. The van der Waals surface area contributed by atoms with E-state index in [0.717, 1.165) is 16.8 Å². The average molecular weight is 355 g/mol. The molecule has 1 N–H and O–H groups in total. The maximum Gasteiger partial charge on any atom is 0.300 e. The van der Waals surface area contributed by atoms with E-state index in [2.05, 4.69) is 20.3 Å². The predicted octanol–water partition coefficient (Wildman–Crippen LogP) is 2.82. The minimum Gasteiger partial charge on any atom is -0.363 e. The van der Waals surface area contributed by atoms with E-state index >= 15 is 0 Å². The fourth-order valence-corrected chi connectivity index (χ4v) is 2.66. The molecule has 3 aromatic rings. The highest BCUT2D eigenvalue weighted by Crippen LogP contribution is 2.30. The number of nitrogens with one attached hydrogen (secondary N) is 1. The number of aryl methyl sites for hydroxylation is 2. The summed E-state index contributed by atoms with van der Waals surface area (Å²) in [5.74, 6) is -0.218. The number of hydrogen-bond acceptors (Lipinski definition) is 7. The Morgan fingerprint density at radius 1 is 1.23 bits per heavy atom. The average Bonchev–Trinajstić information content (AvgIpc) is 3.06. The van der Waals surface area contributed by atoms with Crippen LogP contribution in [0, 0.1) is 24.0 Å². The highest BCUT2D eigenvalue weighted by molar-refractivity contribution is 5.98. The van der Waals surface area contributed by atoms with Crippen LogP contribution in [0.2, 0.25) is 0 Å². The van der Waals surface area contributed by atoms with Crippen LogP contribution in [0.4, 0.5) is 17.1 Å². The summed E-state index contributed by atoms with van der Waals surface area (Å²) in [7, 11) is 1.69. The van der Waals surface area contributed by atoms with Crippen LogP contribution in [0.1, 0.15) is 11.1 Å². The number of hydrogen-bond donors (Lipinski definition) is 1. The Hall–Kier alpha value is -3.49. The third-order valence-corrected chi connectivity index (χ3v) is 4.03. The molecule has 9 heteroatoms. The Bertz CT molecular complexity index is 998. The first-order valence-corrected chi connectivity index (χ1v) is 7.84. The van der Waals surface area contributed by atoms with Crippen LogP contribution in [0.3, 0.4) is 0 Å². The van der Waals surface area contributed by atoms with Gasteiger partial charge in [-0.25, -0.2) is 4.63 Å². The van der Waals surface area contributed by atoms with Crippen LogP contribution in [0.5, 0.6) is 0 Å². The lowest BCUT2D eigenvalue weighted by molar-refractivity contribution is -0.383. The number of rotatable bonds is 5. The number of nitrogens with zero attached hydrogens (tertiary/aromatic N) is 4. The molecule has 134 valence electrons. The number of aromatic nitrogens is 2. The van der Waals surface area contributed by atoms with E-state index in [1.54, 1.807) is 11.9 Å². The van der Waals surface area contributed by atoms with Gasteiger partial charge in [0, 0.05) is 18.8 Å². The van der Waals surface area contributed by atoms with Gasteiger partial charge in [0.05, 0.1) is 17.2 Å². The van der Waals surface area contributed by atoms with Gasteiger partial charge < -0.3 is 10.2 Å². The minimum absolute atomic E-state index is 0.0349. The molecule has 3 rings (SSSR count). The number of likely N-dealkylation sites (N-methyl/N-ethyl adjacent to an activating group) is 1. The first-order chi connectivity index (χ1) is 12.4. The summed E-state index contributed by atoms with van der Waals surface area (Å²) in [6.45, 7) is 3.90. The summed E-state index contributed by atoms with van der Waals surface area (Å²) in [5, 5.41) is 21.3. The molecule has 9 nitrogen and oxygen atoms in total. The number of nitro groups is 1. The lowest BCUT2D eigenvalue weighted by atomic mass is 10.1. The molecule has 1 amide bonds. The van der Waals surface area contributed by atoms with Crippen LogP contribution in [-0.2, 0) is 4.79 Å². The van der Waals surface area contributed by atoms with Gasteiger partial charge in [-0.05, 0) is 47.4 Å². The van der Waals surface area contributed by atoms with E-state index in [4.69, 9.17) is 0 Å². The molecule has 2 aromatic carbocycles. The zero-order valence-electron chi connectivity index (χ0n) is 14.5. The third kappa shape index (κ3) is 3.32. The van der Waals surface area contributed by atoms with Crippen molar-refractivity contribution in [1.82, 2.24) is 10.3 Å².